The van der Waals surface area contributed by atoms with Crippen LogP contribution in [0.4, 0.5) is 5.69 Å². The number of rotatable bonds is 6. The van der Waals surface area contributed by atoms with E-state index in [4.69, 9.17) is 10.5 Å². The van der Waals surface area contributed by atoms with Gasteiger partial charge in [-0.3, -0.25) is 4.90 Å². The summed E-state index contributed by atoms with van der Waals surface area (Å²) in [7, 11) is 0. The van der Waals surface area contributed by atoms with Gasteiger partial charge in [0.25, 0.3) is 0 Å². The average Bonchev–Trinajstić information content (AvgIpc) is 2.46. The van der Waals surface area contributed by atoms with E-state index in [1.165, 1.54) is 19.6 Å². The molecular weight excluding hydrogens is 250 g/mol. The molecular formula is C16H27N3O. The van der Waals surface area contributed by atoms with E-state index in [2.05, 4.69) is 23.6 Å². The maximum atomic E-state index is 5.73. The van der Waals surface area contributed by atoms with Crippen molar-refractivity contribution in [2.24, 2.45) is 0 Å². The van der Waals surface area contributed by atoms with Crippen LogP contribution in [0.1, 0.15) is 20.3 Å². The van der Waals surface area contributed by atoms with E-state index >= 15 is 0 Å². The fourth-order valence-corrected chi connectivity index (χ4v) is 2.79. The molecule has 0 bridgehead atoms. The summed E-state index contributed by atoms with van der Waals surface area (Å²) < 4.78 is 5.73. The first-order valence-corrected chi connectivity index (χ1v) is 7.63. The van der Waals surface area contributed by atoms with E-state index in [9.17, 15) is 0 Å². The Kier molecular flexibility index (Phi) is 5.68. The van der Waals surface area contributed by atoms with Crippen LogP contribution in [0.3, 0.4) is 0 Å². The molecule has 1 aromatic carbocycles. The summed E-state index contributed by atoms with van der Waals surface area (Å²) in [6.45, 7) is 11.2. The largest absolute Gasteiger partial charge is 0.494 e. The Labute approximate surface area is 122 Å². The van der Waals surface area contributed by atoms with Crippen molar-refractivity contribution in [2.75, 3.05) is 45.1 Å². The lowest BCUT2D eigenvalue weighted by Crippen LogP contribution is -2.51. The highest BCUT2D eigenvalue weighted by Crippen LogP contribution is 2.14. The number of ether oxygens (including phenoxy) is 1. The number of piperazine rings is 1. The lowest BCUT2D eigenvalue weighted by atomic mass is 10.2. The van der Waals surface area contributed by atoms with Crippen molar-refractivity contribution in [1.29, 1.82) is 0 Å². The van der Waals surface area contributed by atoms with Crippen LogP contribution in [0, 0.1) is 0 Å². The van der Waals surface area contributed by atoms with Crippen molar-refractivity contribution in [3.05, 3.63) is 24.3 Å². The van der Waals surface area contributed by atoms with E-state index in [1.54, 1.807) is 0 Å². The maximum Gasteiger partial charge on any atom is 0.119 e. The molecule has 0 spiro atoms. The molecule has 4 heteroatoms. The van der Waals surface area contributed by atoms with Crippen LogP contribution in [-0.2, 0) is 0 Å². The lowest BCUT2D eigenvalue weighted by molar-refractivity contribution is 0.0843. The molecule has 20 heavy (non-hydrogen) atoms. The first-order valence-electron chi connectivity index (χ1n) is 7.63. The molecule has 0 radical (unpaired) electrons. The third-order valence-corrected chi connectivity index (χ3v) is 4.02. The molecule has 1 atom stereocenters. The highest BCUT2D eigenvalue weighted by Gasteiger charge is 2.21. The predicted octanol–water partition coefficient (Wildman–Crippen LogP) is 2.06. The molecule has 1 aromatic rings. The van der Waals surface area contributed by atoms with Gasteiger partial charge in [0.2, 0.25) is 0 Å². The van der Waals surface area contributed by atoms with Crippen molar-refractivity contribution in [3.8, 4) is 5.75 Å². The topological polar surface area (TPSA) is 41.7 Å². The van der Waals surface area contributed by atoms with Crippen LogP contribution >= 0.6 is 0 Å². The summed E-state index contributed by atoms with van der Waals surface area (Å²) in [4.78, 5) is 5.09. The monoisotopic (exact) mass is 277 g/mol. The number of anilines is 1. The van der Waals surface area contributed by atoms with Crippen molar-refractivity contribution in [2.45, 2.75) is 26.3 Å². The molecule has 1 saturated heterocycles. The zero-order valence-corrected chi connectivity index (χ0v) is 12.7. The number of nitrogens with zero attached hydrogens (tertiary/aromatic N) is 2. The first-order chi connectivity index (χ1) is 9.69. The van der Waals surface area contributed by atoms with Crippen LogP contribution in [-0.4, -0.2) is 55.2 Å². The van der Waals surface area contributed by atoms with Crippen LogP contribution in [0.2, 0.25) is 0 Å². The van der Waals surface area contributed by atoms with E-state index in [-0.39, 0.29) is 0 Å². The molecule has 1 aliphatic heterocycles. The van der Waals surface area contributed by atoms with Crippen LogP contribution < -0.4 is 10.5 Å². The zero-order chi connectivity index (χ0) is 14.4. The van der Waals surface area contributed by atoms with Crippen LogP contribution in [0.5, 0.6) is 5.75 Å². The Bertz CT molecular complexity index is 393. The van der Waals surface area contributed by atoms with Gasteiger partial charge in [-0.2, -0.15) is 0 Å². The molecule has 0 amide bonds. The third-order valence-electron chi connectivity index (χ3n) is 4.02. The normalized spacial score (nSPS) is 21.0. The number of likely N-dealkylation sites (N-methyl/N-ethyl adjacent to an activating group) is 1. The van der Waals surface area contributed by atoms with Gasteiger partial charge in [-0.25, -0.2) is 0 Å². The maximum absolute atomic E-state index is 5.73. The van der Waals surface area contributed by atoms with Crippen molar-refractivity contribution < 1.29 is 4.74 Å². The fraction of sp³-hybridized carbons (Fsp3) is 0.625. The van der Waals surface area contributed by atoms with E-state index in [1.807, 2.05) is 24.3 Å². The molecule has 112 valence electrons. The fourth-order valence-electron chi connectivity index (χ4n) is 2.79. The summed E-state index contributed by atoms with van der Waals surface area (Å²) in [6.07, 6.45) is 1.07. The minimum absolute atomic E-state index is 0.673. The Morgan fingerprint density at radius 3 is 2.65 bits per heavy atom. The molecule has 1 fully saturated rings. The van der Waals surface area contributed by atoms with Crippen molar-refractivity contribution in [1.82, 2.24) is 9.80 Å². The second kappa shape index (κ2) is 7.50. The van der Waals surface area contributed by atoms with Gasteiger partial charge >= 0.3 is 0 Å². The van der Waals surface area contributed by atoms with Gasteiger partial charge < -0.3 is 15.4 Å². The van der Waals surface area contributed by atoms with Gasteiger partial charge in [-0.1, -0.05) is 6.92 Å². The SMILES string of the molecule is CCN1CCN(CCCOc2ccc(N)cc2)CC1C. The Hall–Kier alpha value is -1.26. The summed E-state index contributed by atoms with van der Waals surface area (Å²) >= 11 is 0. The average molecular weight is 277 g/mol. The Morgan fingerprint density at radius 2 is 2.00 bits per heavy atom. The van der Waals surface area contributed by atoms with Crippen LogP contribution in [0.25, 0.3) is 0 Å². The van der Waals surface area contributed by atoms with Crippen molar-refractivity contribution in [3.63, 3.8) is 0 Å². The van der Waals surface area contributed by atoms with Gasteiger partial charge in [0, 0.05) is 37.9 Å². The van der Waals surface area contributed by atoms with E-state index in [0.29, 0.717) is 6.04 Å². The van der Waals surface area contributed by atoms with Gasteiger partial charge in [0.05, 0.1) is 6.61 Å². The number of hydrogen-bond donors (Lipinski definition) is 1. The zero-order valence-electron chi connectivity index (χ0n) is 12.7. The third kappa shape index (κ3) is 4.39. The Morgan fingerprint density at radius 1 is 1.25 bits per heavy atom. The molecule has 0 saturated carbocycles. The molecule has 0 aliphatic carbocycles. The van der Waals surface area contributed by atoms with Gasteiger partial charge in [0.15, 0.2) is 0 Å². The summed E-state index contributed by atoms with van der Waals surface area (Å²) in [5.41, 5.74) is 6.43. The Balaban J connectivity index is 1.63. The molecule has 2 rings (SSSR count). The standard InChI is InChI=1S/C16H27N3O/c1-3-19-11-10-18(13-14(19)2)9-4-12-20-16-7-5-15(17)6-8-16/h5-8,14H,3-4,9-13,17H2,1-2H3. The molecule has 1 aliphatic rings. The lowest BCUT2D eigenvalue weighted by Gasteiger charge is -2.39. The van der Waals surface area contributed by atoms with Crippen LogP contribution in [0.15, 0.2) is 24.3 Å². The number of hydrogen-bond acceptors (Lipinski definition) is 4. The minimum Gasteiger partial charge on any atom is -0.494 e. The van der Waals surface area contributed by atoms with Gasteiger partial charge in [-0.15, -0.1) is 0 Å². The molecule has 0 aromatic heterocycles. The molecule has 1 heterocycles. The molecule has 4 nitrogen and oxygen atoms in total. The second-order valence-electron chi connectivity index (χ2n) is 5.55. The van der Waals surface area contributed by atoms with Gasteiger partial charge in [-0.05, 0) is 44.2 Å². The number of benzene rings is 1. The summed E-state index contributed by atoms with van der Waals surface area (Å²) in [5.74, 6) is 0.906. The smallest absolute Gasteiger partial charge is 0.119 e. The molecule has 2 N–H and O–H groups in total. The van der Waals surface area contributed by atoms with Crippen molar-refractivity contribution >= 4 is 5.69 Å². The van der Waals surface area contributed by atoms with E-state index in [0.717, 1.165) is 37.6 Å². The summed E-state index contributed by atoms with van der Waals surface area (Å²) in [6, 6.07) is 8.28. The summed E-state index contributed by atoms with van der Waals surface area (Å²) in [5, 5.41) is 0. The predicted molar refractivity (Wildman–Crippen MR) is 84.1 cm³/mol. The highest BCUT2D eigenvalue weighted by atomic mass is 16.5. The minimum atomic E-state index is 0.673. The number of nitrogens with two attached hydrogens (primary N) is 1. The first kappa shape index (κ1) is 15.1. The highest BCUT2D eigenvalue weighted by molar-refractivity contribution is 5.41. The quantitative estimate of drug-likeness (QED) is 0.638. The second-order valence-corrected chi connectivity index (χ2v) is 5.55. The molecule has 1 unspecified atom stereocenters. The van der Waals surface area contributed by atoms with Gasteiger partial charge in [0.1, 0.15) is 5.75 Å². The number of nitrogen functional groups attached to an aromatic ring is 1. The van der Waals surface area contributed by atoms with E-state index < -0.39 is 0 Å².